The number of nitrogens with one attached hydrogen (secondary N) is 1. The van der Waals surface area contributed by atoms with E-state index in [2.05, 4.69) is 23.5 Å². The van der Waals surface area contributed by atoms with Crippen molar-refractivity contribution in [2.24, 2.45) is 0 Å². The molecule has 6 nitrogen and oxygen atoms in total. The third kappa shape index (κ3) is 3.91. The predicted octanol–water partition coefficient (Wildman–Crippen LogP) is 3.26. The smallest absolute Gasteiger partial charge is 0.343 e. The van der Waals surface area contributed by atoms with Gasteiger partial charge in [-0.05, 0) is 42.4 Å². The molecule has 3 N–H and O–H groups in total. The Balaban J connectivity index is 2.04. The molecule has 24 heavy (non-hydrogen) atoms. The van der Waals surface area contributed by atoms with Gasteiger partial charge in [0.25, 0.3) is 5.91 Å². The van der Waals surface area contributed by atoms with Gasteiger partial charge in [-0.1, -0.05) is 32.0 Å². The average Bonchev–Trinajstić information content (AvgIpc) is 2.85. The largest absolute Gasteiger partial charge is 0.452 e. The zero-order chi connectivity index (χ0) is 17.9. The van der Waals surface area contributed by atoms with Gasteiger partial charge >= 0.3 is 5.97 Å². The van der Waals surface area contributed by atoms with Crippen molar-refractivity contribution < 1.29 is 14.3 Å². The van der Waals surface area contributed by atoms with Crippen LogP contribution in [0.25, 0.3) is 0 Å². The van der Waals surface area contributed by atoms with Crippen LogP contribution in [0.15, 0.2) is 18.2 Å². The lowest BCUT2D eigenvalue weighted by Crippen LogP contribution is -2.22. The summed E-state index contributed by atoms with van der Waals surface area (Å²) < 4.78 is 9.05. The fourth-order valence-electron chi connectivity index (χ4n) is 2.36. The minimum atomic E-state index is -0.636. The van der Waals surface area contributed by atoms with Gasteiger partial charge in [0.15, 0.2) is 6.61 Å². The second-order valence-corrected chi connectivity index (χ2v) is 6.63. The van der Waals surface area contributed by atoms with Crippen LogP contribution in [0.4, 0.5) is 10.7 Å². The normalized spacial score (nSPS) is 10.7. The molecular weight excluding hydrogens is 326 g/mol. The molecule has 7 heteroatoms. The Kier molecular flexibility index (Phi) is 5.56. The highest BCUT2D eigenvalue weighted by molar-refractivity contribution is 7.10. The summed E-state index contributed by atoms with van der Waals surface area (Å²) >= 11 is 1.03. The number of nitrogens with zero attached hydrogens (tertiary/aromatic N) is 1. The molecule has 0 aliphatic rings. The van der Waals surface area contributed by atoms with Crippen LogP contribution in [0, 0.1) is 13.8 Å². The molecule has 1 aromatic carbocycles. The molecule has 0 spiro atoms. The van der Waals surface area contributed by atoms with Gasteiger partial charge in [-0.25, -0.2) is 4.79 Å². The van der Waals surface area contributed by atoms with E-state index in [0.29, 0.717) is 10.7 Å². The van der Waals surface area contributed by atoms with Crippen LogP contribution in [0.1, 0.15) is 46.9 Å². The Morgan fingerprint density at radius 3 is 2.62 bits per heavy atom. The van der Waals surface area contributed by atoms with Crippen molar-refractivity contribution in [3.8, 4) is 0 Å². The number of ether oxygens (including phenoxy) is 1. The number of amides is 1. The van der Waals surface area contributed by atoms with Crippen LogP contribution in [0.3, 0.4) is 0 Å². The first-order chi connectivity index (χ1) is 11.3. The second kappa shape index (κ2) is 7.44. The zero-order valence-corrected chi connectivity index (χ0v) is 15.0. The number of aromatic nitrogens is 1. The Bertz CT molecular complexity index is 749. The molecule has 0 atom stereocenters. The third-order valence-electron chi connectivity index (χ3n) is 3.62. The number of hydrogen-bond acceptors (Lipinski definition) is 6. The first kappa shape index (κ1) is 17.9. The topological polar surface area (TPSA) is 94.3 Å². The van der Waals surface area contributed by atoms with Crippen LogP contribution < -0.4 is 11.1 Å². The molecule has 0 saturated heterocycles. The first-order valence-electron chi connectivity index (χ1n) is 7.59. The highest BCUT2D eigenvalue weighted by Crippen LogP contribution is 2.27. The van der Waals surface area contributed by atoms with Crippen molar-refractivity contribution in [3.63, 3.8) is 0 Å². The van der Waals surface area contributed by atoms with Crippen molar-refractivity contribution in [3.05, 3.63) is 40.6 Å². The maximum atomic E-state index is 12.2. The summed E-state index contributed by atoms with van der Waals surface area (Å²) in [7, 11) is 0. The maximum absolute atomic E-state index is 12.2. The van der Waals surface area contributed by atoms with Gasteiger partial charge in [0, 0.05) is 5.69 Å². The van der Waals surface area contributed by atoms with Gasteiger partial charge in [-0.2, -0.15) is 4.37 Å². The lowest BCUT2D eigenvalue weighted by atomic mass is 9.98. The summed E-state index contributed by atoms with van der Waals surface area (Å²) in [5, 5.41) is 3.12. The minimum absolute atomic E-state index is 0.228. The highest BCUT2D eigenvalue weighted by Gasteiger charge is 2.19. The number of benzene rings is 1. The Labute approximate surface area is 145 Å². The lowest BCUT2D eigenvalue weighted by molar-refractivity contribution is -0.119. The molecular formula is C17H21N3O3S. The third-order valence-corrected chi connectivity index (χ3v) is 4.39. The summed E-state index contributed by atoms with van der Waals surface area (Å²) in [6.07, 6.45) is 0. The van der Waals surface area contributed by atoms with E-state index < -0.39 is 5.97 Å². The first-order valence-corrected chi connectivity index (χ1v) is 8.36. The van der Waals surface area contributed by atoms with E-state index in [1.54, 1.807) is 6.92 Å². The van der Waals surface area contributed by atoms with E-state index in [4.69, 9.17) is 10.5 Å². The maximum Gasteiger partial charge on any atom is 0.343 e. The van der Waals surface area contributed by atoms with E-state index in [1.165, 1.54) is 0 Å². The quantitative estimate of drug-likeness (QED) is 0.810. The monoisotopic (exact) mass is 347 g/mol. The number of carbonyl (C=O) groups is 2. The van der Waals surface area contributed by atoms with Gasteiger partial charge in [0.2, 0.25) is 0 Å². The van der Waals surface area contributed by atoms with Crippen molar-refractivity contribution >= 4 is 34.1 Å². The van der Waals surface area contributed by atoms with Crippen LogP contribution in [-0.4, -0.2) is 22.9 Å². The van der Waals surface area contributed by atoms with Crippen molar-refractivity contribution in [1.82, 2.24) is 4.37 Å². The number of carbonyl (C=O) groups excluding carboxylic acids is 2. The molecule has 1 heterocycles. The summed E-state index contributed by atoms with van der Waals surface area (Å²) in [4.78, 5) is 24.2. The Morgan fingerprint density at radius 2 is 2.04 bits per heavy atom. The fraction of sp³-hybridized carbons (Fsp3) is 0.353. The lowest BCUT2D eigenvalue weighted by Gasteiger charge is -2.16. The summed E-state index contributed by atoms with van der Waals surface area (Å²) in [6.45, 7) is 7.33. The predicted molar refractivity (Wildman–Crippen MR) is 95.4 cm³/mol. The van der Waals surface area contributed by atoms with E-state index in [-0.39, 0.29) is 24.0 Å². The van der Waals surface area contributed by atoms with Crippen LogP contribution in [-0.2, 0) is 9.53 Å². The molecule has 0 aliphatic carbocycles. The Morgan fingerprint density at radius 1 is 1.33 bits per heavy atom. The van der Waals surface area contributed by atoms with Gasteiger partial charge < -0.3 is 15.8 Å². The number of hydrogen-bond donors (Lipinski definition) is 2. The highest BCUT2D eigenvalue weighted by atomic mass is 32.1. The number of para-hydroxylation sites is 1. The number of nitrogens with two attached hydrogens (primary N) is 1. The second-order valence-electron chi connectivity index (χ2n) is 5.83. The number of esters is 1. The number of aryl methyl sites for hydroxylation is 2. The molecule has 1 amide bonds. The summed E-state index contributed by atoms with van der Waals surface area (Å²) in [5.74, 6) is -0.760. The molecule has 0 fully saturated rings. The van der Waals surface area contributed by atoms with Crippen LogP contribution >= 0.6 is 11.5 Å². The molecule has 2 aromatic rings. The van der Waals surface area contributed by atoms with E-state index in [0.717, 1.165) is 28.3 Å². The van der Waals surface area contributed by atoms with Crippen LogP contribution in [0.5, 0.6) is 0 Å². The summed E-state index contributed by atoms with van der Waals surface area (Å²) in [5.41, 5.74) is 9.20. The molecule has 1 aromatic heterocycles. The Hall–Kier alpha value is -2.41. The molecule has 0 radical (unpaired) electrons. The van der Waals surface area contributed by atoms with Gasteiger partial charge in [0.05, 0.1) is 5.69 Å². The fourth-order valence-corrected chi connectivity index (χ4v) is 3.01. The van der Waals surface area contributed by atoms with Gasteiger partial charge in [0.1, 0.15) is 10.6 Å². The molecule has 2 rings (SSSR count). The molecule has 0 saturated carbocycles. The SMILES string of the molecule is Cc1cccc(C(C)C)c1NC(=O)COC(=O)c1c(C)nsc1N. The zero-order valence-electron chi connectivity index (χ0n) is 14.2. The molecule has 0 aliphatic heterocycles. The van der Waals surface area contributed by atoms with Crippen molar-refractivity contribution in [2.45, 2.75) is 33.6 Å². The van der Waals surface area contributed by atoms with E-state index in [1.807, 2.05) is 25.1 Å². The van der Waals surface area contributed by atoms with Crippen molar-refractivity contribution in [1.29, 1.82) is 0 Å². The number of rotatable bonds is 5. The summed E-state index contributed by atoms with van der Waals surface area (Å²) in [6, 6.07) is 5.85. The number of anilines is 2. The number of nitrogen functional groups attached to an aromatic ring is 1. The average molecular weight is 347 g/mol. The van der Waals surface area contributed by atoms with Crippen molar-refractivity contribution in [2.75, 3.05) is 17.7 Å². The van der Waals surface area contributed by atoms with E-state index in [9.17, 15) is 9.59 Å². The van der Waals surface area contributed by atoms with Gasteiger partial charge in [-0.3, -0.25) is 4.79 Å². The van der Waals surface area contributed by atoms with E-state index >= 15 is 0 Å². The molecule has 128 valence electrons. The standard InChI is InChI=1S/C17H21N3O3S/c1-9(2)12-7-5-6-10(3)15(12)19-13(21)8-23-17(22)14-11(4)20-24-16(14)18/h5-7,9H,8,18H2,1-4H3,(H,19,21). The van der Waals surface area contributed by atoms with Crippen LogP contribution in [0.2, 0.25) is 0 Å². The molecule has 0 unspecified atom stereocenters. The van der Waals surface area contributed by atoms with Gasteiger partial charge in [-0.15, -0.1) is 0 Å². The minimum Gasteiger partial charge on any atom is -0.452 e. The molecule has 0 bridgehead atoms.